The molecule has 0 aromatic heterocycles. The number of nitrogens with one attached hydrogen (secondary N) is 1. The summed E-state index contributed by atoms with van der Waals surface area (Å²) in [5.74, 6) is 1.61. The van der Waals surface area contributed by atoms with E-state index in [9.17, 15) is 4.79 Å². The Morgan fingerprint density at radius 3 is 1.55 bits per heavy atom. The molecule has 1 aliphatic rings. The number of carbonyl (C=O) groups excluding carboxylic acids is 1. The maximum Gasteiger partial charge on any atom is 0.220 e. The van der Waals surface area contributed by atoms with E-state index in [4.69, 9.17) is 4.99 Å². The maximum atomic E-state index is 12.3. The van der Waals surface area contributed by atoms with E-state index in [0.29, 0.717) is 6.42 Å². The zero-order valence-corrected chi connectivity index (χ0v) is 26.3. The summed E-state index contributed by atoms with van der Waals surface area (Å²) in [6, 6.07) is 0. The van der Waals surface area contributed by atoms with Gasteiger partial charge in [0.15, 0.2) is 5.84 Å². The van der Waals surface area contributed by atoms with Crippen LogP contribution < -0.4 is 5.32 Å². The summed E-state index contributed by atoms with van der Waals surface area (Å²) < 4.78 is 0.941. The average Bonchev–Trinajstić information content (AvgIpc) is 3.27. The highest BCUT2D eigenvalue weighted by Crippen LogP contribution is 2.18. The molecule has 0 bridgehead atoms. The van der Waals surface area contributed by atoms with Crippen LogP contribution in [0.5, 0.6) is 0 Å². The van der Waals surface area contributed by atoms with Crippen LogP contribution in [0.1, 0.15) is 174 Å². The second kappa shape index (κ2) is 25.1. The van der Waals surface area contributed by atoms with E-state index in [1.165, 1.54) is 147 Å². The second-order valence-electron chi connectivity index (χ2n) is 12.4. The van der Waals surface area contributed by atoms with E-state index >= 15 is 0 Å². The summed E-state index contributed by atoms with van der Waals surface area (Å²) in [6.07, 6.45) is 33.2. The molecule has 0 aliphatic carbocycles. The third kappa shape index (κ3) is 19.2. The number of likely N-dealkylation sites (N-methyl/N-ethyl adjacent to an activating group) is 1. The maximum absolute atomic E-state index is 12.3. The fraction of sp³-hybridized carbons (Fsp3) is 0.941. The van der Waals surface area contributed by atoms with Gasteiger partial charge in [-0.15, -0.1) is 0 Å². The highest BCUT2D eigenvalue weighted by molar-refractivity contribution is 5.77. The molecule has 1 atom stereocenters. The van der Waals surface area contributed by atoms with Crippen LogP contribution in [-0.2, 0) is 4.79 Å². The number of quaternary nitrogens is 1. The Morgan fingerprint density at radius 2 is 1.08 bits per heavy atom. The van der Waals surface area contributed by atoms with Crippen LogP contribution in [0.3, 0.4) is 0 Å². The van der Waals surface area contributed by atoms with E-state index in [2.05, 4.69) is 26.2 Å². The Morgan fingerprint density at radius 1 is 0.658 bits per heavy atom. The normalized spacial score (nSPS) is 17.2. The van der Waals surface area contributed by atoms with Crippen molar-refractivity contribution in [3.8, 4) is 0 Å². The van der Waals surface area contributed by atoms with Gasteiger partial charge in [0.05, 0.1) is 20.1 Å². The Labute approximate surface area is 238 Å². The van der Waals surface area contributed by atoms with Gasteiger partial charge in [0.2, 0.25) is 5.91 Å². The average molecular weight is 535 g/mol. The lowest BCUT2D eigenvalue weighted by Gasteiger charge is -2.30. The molecule has 0 saturated carbocycles. The third-order valence-corrected chi connectivity index (χ3v) is 8.70. The van der Waals surface area contributed by atoms with Crippen LogP contribution in [0.25, 0.3) is 0 Å². The molecule has 38 heavy (non-hydrogen) atoms. The number of amidine groups is 1. The Balaban J connectivity index is 1.97. The van der Waals surface area contributed by atoms with E-state index < -0.39 is 0 Å². The van der Waals surface area contributed by atoms with Gasteiger partial charge in [0.1, 0.15) is 13.1 Å². The first-order valence-electron chi connectivity index (χ1n) is 17.3. The number of aliphatic imine (C=N–C) groups is 1. The van der Waals surface area contributed by atoms with Gasteiger partial charge in [-0.1, -0.05) is 149 Å². The lowest BCUT2D eigenvalue weighted by molar-refractivity contribution is -0.814. The molecule has 224 valence electrons. The van der Waals surface area contributed by atoms with Gasteiger partial charge in [0.25, 0.3) is 0 Å². The first kappa shape index (κ1) is 35.1. The zero-order chi connectivity index (χ0) is 27.6. The summed E-state index contributed by atoms with van der Waals surface area (Å²) in [5.41, 5.74) is 0. The molecule has 4 nitrogen and oxygen atoms in total. The van der Waals surface area contributed by atoms with Crippen LogP contribution in [0.2, 0.25) is 0 Å². The molecule has 1 amide bonds. The fourth-order valence-electron chi connectivity index (χ4n) is 5.89. The molecule has 0 saturated heterocycles. The summed E-state index contributed by atoms with van der Waals surface area (Å²) in [4.78, 5) is 17.1. The number of amides is 1. The zero-order valence-electron chi connectivity index (χ0n) is 26.3. The van der Waals surface area contributed by atoms with Crippen molar-refractivity contribution in [1.82, 2.24) is 5.32 Å². The molecule has 1 N–H and O–H groups in total. The molecule has 1 unspecified atom stereocenters. The predicted molar refractivity (Wildman–Crippen MR) is 168 cm³/mol. The monoisotopic (exact) mass is 535 g/mol. The van der Waals surface area contributed by atoms with Crippen molar-refractivity contribution >= 4 is 11.7 Å². The SMILES string of the molecule is CCCCCCCCCCCCCCCCC1=NCC[N+]1(C)CCNC(=O)CCCCCCCCCCC. The summed E-state index contributed by atoms with van der Waals surface area (Å²) >= 11 is 0. The van der Waals surface area contributed by atoms with Gasteiger partial charge in [-0.3, -0.25) is 9.28 Å². The lowest BCUT2D eigenvalue weighted by Crippen LogP contribution is -2.51. The van der Waals surface area contributed by atoms with Gasteiger partial charge in [-0.2, -0.15) is 0 Å². The summed E-state index contributed by atoms with van der Waals surface area (Å²) in [6.45, 7) is 8.39. The van der Waals surface area contributed by atoms with Crippen molar-refractivity contribution in [3.05, 3.63) is 0 Å². The van der Waals surface area contributed by atoms with E-state index in [1.807, 2.05) is 0 Å². The Bertz CT molecular complexity index is 576. The Kier molecular flexibility index (Phi) is 23.2. The smallest absolute Gasteiger partial charge is 0.220 e. The van der Waals surface area contributed by atoms with Crippen LogP contribution in [0.4, 0.5) is 0 Å². The van der Waals surface area contributed by atoms with Crippen LogP contribution in [0.15, 0.2) is 4.99 Å². The van der Waals surface area contributed by atoms with E-state index in [0.717, 1.165) is 43.5 Å². The number of carbonyl (C=O) groups is 1. The predicted octanol–water partition coefficient (Wildman–Crippen LogP) is 9.75. The lowest BCUT2D eigenvalue weighted by atomic mass is 10.0. The number of nitrogens with zero attached hydrogens (tertiary/aromatic N) is 2. The highest BCUT2D eigenvalue weighted by atomic mass is 16.1. The van der Waals surface area contributed by atoms with Crippen LogP contribution in [0, 0.1) is 0 Å². The molecule has 0 spiro atoms. The first-order valence-corrected chi connectivity index (χ1v) is 17.3. The van der Waals surface area contributed by atoms with Crippen molar-refractivity contribution in [1.29, 1.82) is 0 Å². The molecule has 0 aromatic rings. The third-order valence-electron chi connectivity index (χ3n) is 8.70. The minimum atomic E-state index is 0.240. The molecule has 1 heterocycles. The molecule has 0 aromatic carbocycles. The highest BCUT2D eigenvalue weighted by Gasteiger charge is 2.32. The molecular formula is C34H68N3O+. The van der Waals surface area contributed by atoms with E-state index in [-0.39, 0.29) is 5.91 Å². The topological polar surface area (TPSA) is 41.5 Å². The largest absolute Gasteiger partial charge is 0.350 e. The van der Waals surface area contributed by atoms with Gasteiger partial charge in [-0.25, -0.2) is 4.99 Å². The Hall–Kier alpha value is -0.900. The molecule has 0 fully saturated rings. The van der Waals surface area contributed by atoms with Gasteiger partial charge in [-0.05, 0) is 12.8 Å². The fourth-order valence-corrected chi connectivity index (χ4v) is 5.89. The van der Waals surface area contributed by atoms with Gasteiger partial charge in [0, 0.05) is 12.8 Å². The number of hydrogen-bond acceptors (Lipinski definition) is 2. The molecule has 4 heteroatoms. The van der Waals surface area contributed by atoms with Crippen LogP contribution in [-0.4, -0.2) is 49.5 Å². The summed E-state index contributed by atoms with van der Waals surface area (Å²) in [7, 11) is 2.32. The minimum absolute atomic E-state index is 0.240. The number of unbranched alkanes of at least 4 members (excludes halogenated alkanes) is 21. The van der Waals surface area contributed by atoms with Crippen molar-refractivity contribution in [2.45, 2.75) is 174 Å². The summed E-state index contributed by atoms with van der Waals surface area (Å²) in [5, 5.41) is 3.19. The van der Waals surface area contributed by atoms with Gasteiger partial charge >= 0.3 is 0 Å². The standard InChI is InChI=1S/C34H67N3O/c1-4-6-8-10-12-14-15-16-17-18-20-21-23-25-27-33-35-29-31-37(33,3)32-30-36-34(38)28-26-24-22-19-13-11-9-7-5-2/h4-32H2,1-3H3/p+1. The van der Waals surface area contributed by atoms with Crippen LogP contribution >= 0.6 is 0 Å². The van der Waals surface area contributed by atoms with Crippen molar-refractivity contribution in [2.75, 3.05) is 33.2 Å². The molecule has 0 radical (unpaired) electrons. The number of hydrogen-bond donors (Lipinski definition) is 1. The minimum Gasteiger partial charge on any atom is -0.350 e. The van der Waals surface area contributed by atoms with Crippen molar-refractivity contribution < 1.29 is 9.28 Å². The quantitative estimate of drug-likeness (QED) is 0.0787. The van der Waals surface area contributed by atoms with Crippen molar-refractivity contribution in [2.24, 2.45) is 4.99 Å². The molecule has 1 aliphatic heterocycles. The van der Waals surface area contributed by atoms with E-state index in [1.54, 1.807) is 0 Å². The second-order valence-corrected chi connectivity index (χ2v) is 12.4. The van der Waals surface area contributed by atoms with Gasteiger partial charge < -0.3 is 5.32 Å². The molecule has 1 rings (SSSR count). The number of rotatable bonds is 28. The first-order chi connectivity index (χ1) is 18.6. The molecular weight excluding hydrogens is 466 g/mol. The van der Waals surface area contributed by atoms with Crippen molar-refractivity contribution in [3.63, 3.8) is 0 Å².